The molecule has 0 aliphatic carbocycles. The molecule has 0 saturated carbocycles. The molecule has 104 valence electrons. The molecule has 0 aliphatic heterocycles. The summed E-state index contributed by atoms with van der Waals surface area (Å²) in [6, 6.07) is 12.0. The van der Waals surface area contributed by atoms with Crippen molar-refractivity contribution in [3.05, 3.63) is 65.0 Å². The van der Waals surface area contributed by atoms with Gasteiger partial charge in [0, 0.05) is 11.9 Å². The molecule has 1 unspecified atom stereocenters. The van der Waals surface area contributed by atoms with E-state index in [4.69, 9.17) is 0 Å². The number of aryl methyl sites for hydroxylation is 2. The van der Waals surface area contributed by atoms with Crippen molar-refractivity contribution in [3.8, 4) is 0 Å². The van der Waals surface area contributed by atoms with Gasteiger partial charge in [0.25, 0.3) is 5.91 Å². The predicted molar refractivity (Wildman–Crippen MR) is 80.7 cm³/mol. The Morgan fingerprint density at radius 3 is 2.45 bits per heavy atom. The van der Waals surface area contributed by atoms with Gasteiger partial charge < -0.3 is 5.32 Å². The van der Waals surface area contributed by atoms with Gasteiger partial charge in [0.1, 0.15) is 0 Å². The molecule has 0 saturated heterocycles. The van der Waals surface area contributed by atoms with Crippen molar-refractivity contribution in [1.82, 2.24) is 10.3 Å². The smallest absolute Gasteiger partial charge is 0.253 e. The lowest BCUT2D eigenvalue weighted by atomic mass is 10.0. The van der Waals surface area contributed by atoms with Crippen LogP contribution in [-0.2, 0) is 6.42 Å². The minimum absolute atomic E-state index is 0.0188. The lowest BCUT2D eigenvalue weighted by molar-refractivity contribution is 0.0939. The highest BCUT2D eigenvalue weighted by atomic mass is 16.1. The Morgan fingerprint density at radius 2 is 1.90 bits per heavy atom. The van der Waals surface area contributed by atoms with E-state index in [-0.39, 0.29) is 11.9 Å². The first-order valence-electron chi connectivity index (χ1n) is 6.92. The highest BCUT2D eigenvalue weighted by Crippen LogP contribution is 2.14. The second-order valence-corrected chi connectivity index (χ2v) is 4.98. The van der Waals surface area contributed by atoms with E-state index in [0.717, 1.165) is 17.7 Å². The second-order valence-electron chi connectivity index (χ2n) is 4.98. The zero-order chi connectivity index (χ0) is 14.5. The zero-order valence-corrected chi connectivity index (χ0v) is 12.2. The van der Waals surface area contributed by atoms with Crippen LogP contribution in [0.25, 0.3) is 0 Å². The largest absolute Gasteiger partial charge is 0.345 e. The first kappa shape index (κ1) is 14.3. The SMILES string of the molecule is CCc1ccc(C(C)NC(=O)c2ccc(C)nc2)cc1. The van der Waals surface area contributed by atoms with Crippen LogP contribution in [-0.4, -0.2) is 10.9 Å². The standard InChI is InChI=1S/C17H20N2O/c1-4-14-6-9-15(10-7-14)13(3)19-17(20)16-8-5-12(2)18-11-16/h5-11,13H,4H2,1-3H3,(H,19,20). The number of rotatable bonds is 4. The van der Waals surface area contributed by atoms with Crippen LogP contribution in [0.4, 0.5) is 0 Å². The van der Waals surface area contributed by atoms with Gasteiger partial charge in [0.15, 0.2) is 0 Å². The number of amides is 1. The molecule has 0 fully saturated rings. The molecule has 1 atom stereocenters. The number of carbonyl (C=O) groups excluding carboxylic acids is 1. The predicted octanol–water partition coefficient (Wildman–Crippen LogP) is 3.44. The van der Waals surface area contributed by atoms with Gasteiger partial charge in [-0.15, -0.1) is 0 Å². The molecular formula is C17H20N2O. The quantitative estimate of drug-likeness (QED) is 0.923. The number of aromatic nitrogens is 1. The average Bonchev–Trinajstić information content (AvgIpc) is 2.48. The maximum absolute atomic E-state index is 12.1. The summed E-state index contributed by atoms with van der Waals surface area (Å²) in [5.41, 5.74) is 3.91. The van der Waals surface area contributed by atoms with E-state index in [1.807, 2.05) is 19.9 Å². The van der Waals surface area contributed by atoms with Crippen molar-refractivity contribution in [2.45, 2.75) is 33.2 Å². The van der Waals surface area contributed by atoms with Crippen LogP contribution in [0.2, 0.25) is 0 Å². The monoisotopic (exact) mass is 268 g/mol. The molecular weight excluding hydrogens is 248 g/mol. The third-order valence-corrected chi connectivity index (χ3v) is 3.41. The summed E-state index contributed by atoms with van der Waals surface area (Å²) in [5, 5.41) is 2.99. The van der Waals surface area contributed by atoms with Crippen LogP contribution in [0.1, 0.15) is 47.1 Å². The molecule has 1 N–H and O–H groups in total. The van der Waals surface area contributed by atoms with Crippen LogP contribution in [0.3, 0.4) is 0 Å². The first-order valence-corrected chi connectivity index (χ1v) is 6.92. The van der Waals surface area contributed by atoms with Crippen molar-refractivity contribution in [3.63, 3.8) is 0 Å². The number of pyridine rings is 1. The summed E-state index contributed by atoms with van der Waals surface area (Å²) < 4.78 is 0. The minimum atomic E-state index is -0.0930. The number of carbonyl (C=O) groups is 1. The third kappa shape index (κ3) is 3.44. The normalized spacial score (nSPS) is 11.9. The van der Waals surface area contributed by atoms with Crippen molar-refractivity contribution in [2.24, 2.45) is 0 Å². The van der Waals surface area contributed by atoms with Crippen LogP contribution in [0.5, 0.6) is 0 Å². The van der Waals surface area contributed by atoms with Gasteiger partial charge in [0.05, 0.1) is 11.6 Å². The van der Waals surface area contributed by atoms with Crippen molar-refractivity contribution < 1.29 is 4.79 Å². The molecule has 3 nitrogen and oxygen atoms in total. The number of hydrogen-bond donors (Lipinski definition) is 1. The summed E-state index contributed by atoms with van der Waals surface area (Å²) in [7, 11) is 0. The number of benzene rings is 1. The van der Waals surface area contributed by atoms with Gasteiger partial charge in [-0.2, -0.15) is 0 Å². The van der Waals surface area contributed by atoms with Crippen LogP contribution >= 0.6 is 0 Å². The van der Waals surface area contributed by atoms with E-state index < -0.39 is 0 Å². The fraction of sp³-hybridized carbons (Fsp3) is 0.294. The Morgan fingerprint density at radius 1 is 1.20 bits per heavy atom. The van der Waals surface area contributed by atoms with Crippen molar-refractivity contribution in [2.75, 3.05) is 0 Å². The fourth-order valence-electron chi connectivity index (χ4n) is 2.01. The van der Waals surface area contributed by atoms with Gasteiger partial charge in [-0.1, -0.05) is 31.2 Å². The molecule has 0 aliphatic rings. The minimum Gasteiger partial charge on any atom is -0.345 e. The molecule has 3 heteroatoms. The van der Waals surface area contributed by atoms with Crippen molar-refractivity contribution >= 4 is 5.91 Å². The maximum atomic E-state index is 12.1. The second kappa shape index (κ2) is 6.33. The molecule has 1 amide bonds. The summed E-state index contributed by atoms with van der Waals surface area (Å²) in [6.07, 6.45) is 2.63. The van der Waals surface area contributed by atoms with E-state index >= 15 is 0 Å². The summed E-state index contributed by atoms with van der Waals surface area (Å²) >= 11 is 0. The summed E-state index contributed by atoms with van der Waals surface area (Å²) in [5.74, 6) is -0.0930. The van der Waals surface area contributed by atoms with Gasteiger partial charge >= 0.3 is 0 Å². The van der Waals surface area contributed by atoms with Crippen molar-refractivity contribution in [1.29, 1.82) is 0 Å². The summed E-state index contributed by atoms with van der Waals surface area (Å²) in [4.78, 5) is 16.3. The Balaban J connectivity index is 2.04. The van der Waals surface area contributed by atoms with Crippen LogP contribution in [0, 0.1) is 6.92 Å². The molecule has 0 radical (unpaired) electrons. The Hall–Kier alpha value is -2.16. The van der Waals surface area contributed by atoms with E-state index in [0.29, 0.717) is 5.56 Å². The highest BCUT2D eigenvalue weighted by Gasteiger charge is 2.11. The molecule has 0 spiro atoms. The van der Waals surface area contributed by atoms with Gasteiger partial charge in [0.2, 0.25) is 0 Å². The maximum Gasteiger partial charge on any atom is 0.253 e. The van der Waals surface area contributed by atoms with E-state index in [1.165, 1.54) is 5.56 Å². The lowest BCUT2D eigenvalue weighted by Crippen LogP contribution is -2.26. The van der Waals surface area contributed by atoms with Gasteiger partial charge in [-0.25, -0.2) is 0 Å². The molecule has 2 aromatic rings. The molecule has 1 heterocycles. The molecule has 20 heavy (non-hydrogen) atoms. The topological polar surface area (TPSA) is 42.0 Å². The fourth-order valence-corrected chi connectivity index (χ4v) is 2.01. The Kier molecular flexibility index (Phi) is 4.51. The van der Waals surface area contributed by atoms with Crippen LogP contribution < -0.4 is 5.32 Å². The third-order valence-electron chi connectivity index (χ3n) is 3.41. The lowest BCUT2D eigenvalue weighted by Gasteiger charge is -2.14. The Bertz CT molecular complexity index is 573. The first-order chi connectivity index (χ1) is 9.60. The number of nitrogens with one attached hydrogen (secondary N) is 1. The van der Waals surface area contributed by atoms with E-state index in [2.05, 4.69) is 41.5 Å². The average molecular weight is 268 g/mol. The number of nitrogens with zero attached hydrogens (tertiary/aromatic N) is 1. The number of hydrogen-bond acceptors (Lipinski definition) is 2. The molecule has 1 aromatic carbocycles. The molecule has 0 bridgehead atoms. The molecule has 1 aromatic heterocycles. The van der Waals surface area contributed by atoms with Gasteiger partial charge in [-0.3, -0.25) is 9.78 Å². The zero-order valence-electron chi connectivity index (χ0n) is 12.2. The van der Waals surface area contributed by atoms with E-state index in [9.17, 15) is 4.79 Å². The van der Waals surface area contributed by atoms with Crippen LogP contribution in [0.15, 0.2) is 42.6 Å². The van der Waals surface area contributed by atoms with E-state index in [1.54, 1.807) is 12.3 Å². The Labute approximate surface area is 120 Å². The highest BCUT2D eigenvalue weighted by molar-refractivity contribution is 5.94. The summed E-state index contributed by atoms with van der Waals surface area (Å²) in [6.45, 7) is 6.02. The molecule has 2 rings (SSSR count). The van der Waals surface area contributed by atoms with Gasteiger partial charge in [-0.05, 0) is 43.5 Å².